The number of phenols is 1. The summed E-state index contributed by atoms with van der Waals surface area (Å²) in [6, 6.07) is 1.26. The van der Waals surface area contributed by atoms with E-state index in [4.69, 9.17) is 25.8 Å². The molecule has 1 aromatic carbocycles. The minimum Gasteiger partial charge on any atom is -0.507 e. The van der Waals surface area contributed by atoms with Crippen molar-refractivity contribution >= 4 is 23.2 Å². The molecule has 0 amide bonds. The highest BCUT2D eigenvalue weighted by Crippen LogP contribution is 2.54. The number of ether oxygens (including phenoxy) is 3. The van der Waals surface area contributed by atoms with Gasteiger partial charge in [-0.15, -0.1) is 0 Å². The highest BCUT2D eigenvalue weighted by molar-refractivity contribution is 6.35. The summed E-state index contributed by atoms with van der Waals surface area (Å²) in [5.41, 5.74) is -1.53. The lowest BCUT2D eigenvalue weighted by Crippen LogP contribution is -2.51. The van der Waals surface area contributed by atoms with E-state index >= 15 is 0 Å². The number of carbonyl (C=O) groups is 2. The molecule has 0 radical (unpaired) electrons. The fraction of sp³-hybridized carbons (Fsp3) is 0.375. The quantitative estimate of drug-likeness (QED) is 0.892. The number of halogens is 1. The van der Waals surface area contributed by atoms with E-state index in [0.29, 0.717) is 0 Å². The molecule has 1 aromatic rings. The van der Waals surface area contributed by atoms with Crippen molar-refractivity contribution in [1.29, 1.82) is 0 Å². The van der Waals surface area contributed by atoms with E-state index in [9.17, 15) is 14.7 Å². The maximum absolute atomic E-state index is 13.0. The maximum Gasteiger partial charge on any atom is 0.231 e. The molecule has 0 saturated heterocycles. The summed E-state index contributed by atoms with van der Waals surface area (Å²) in [6.45, 7) is 1.72. The molecule has 7 heteroatoms. The van der Waals surface area contributed by atoms with Crippen molar-refractivity contribution < 1.29 is 28.9 Å². The number of rotatable bonds is 2. The zero-order chi connectivity index (χ0) is 16.9. The lowest BCUT2D eigenvalue weighted by Gasteiger charge is -2.36. The summed E-state index contributed by atoms with van der Waals surface area (Å²) < 4.78 is 16.2. The SMILES string of the molecule is COC1=CC(=O)C[C@@H](C)[C@]12Oc1c(Cl)c(OC)cc(O)c1C2=O. The van der Waals surface area contributed by atoms with E-state index in [1.807, 2.05) is 0 Å². The number of fused-ring (bicyclic) bond motifs is 1. The molecule has 6 nitrogen and oxygen atoms in total. The fourth-order valence-electron chi connectivity index (χ4n) is 3.15. The van der Waals surface area contributed by atoms with Gasteiger partial charge in [0.2, 0.25) is 11.4 Å². The number of aromatic hydroxyl groups is 1. The second kappa shape index (κ2) is 5.16. The smallest absolute Gasteiger partial charge is 0.231 e. The summed E-state index contributed by atoms with van der Waals surface area (Å²) in [7, 11) is 2.75. The van der Waals surface area contributed by atoms with Crippen LogP contribution in [-0.4, -0.2) is 36.5 Å². The van der Waals surface area contributed by atoms with Crippen LogP contribution >= 0.6 is 11.6 Å². The Morgan fingerprint density at radius 3 is 2.65 bits per heavy atom. The van der Waals surface area contributed by atoms with E-state index in [0.717, 1.165) is 0 Å². The Kier molecular flexibility index (Phi) is 3.52. The number of hydrogen-bond donors (Lipinski definition) is 1. The summed E-state index contributed by atoms with van der Waals surface area (Å²) in [5.74, 6) is -1.06. The Morgan fingerprint density at radius 2 is 2.04 bits per heavy atom. The summed E-state index contributed by atoms with van der Waals surface area (Å²) in [4.78, 5) is 24.8. The predicted molar refractivity (Wildman–Crippen MR) is 81.2 cm³/mol. The monoisotopic (exact) mass is 338 g/mol. The minimum absolute atomic E-state index is 0.0278. The number of carbonyl (C=O) groups excluding carboxylic acids is 2. The van der Waals surface area contributed by atoms with Crippen molar-refractivity contribution in [2.45, 2.75) is 18.9 Å². The topological polar surface area (TPSA) is 82.1 Å². The molecule has 1 heterocycles. The van der Waals surface area contributed by atoms with Crippen LogP contribution in [0.25, 0.3) is 0 Å². The van der Waals surface area contributed by atoms with Crippen molar-refractivity contribution in [1.82, 2.24) is 0 Å². The Morgan fingerprint density at radius 1 is 1.35 bits per heavy atom. The lowest BCUT2D eigenvalue weighted by atomic mass is 9.75. The van der Waals surface area contributed by atoms with Gasteiger partial charge in [0.05, 0.1) is 14.2 Å². The van der Waals surface area contributed by atoms with Crippen LogP contribution in [0.2, 0.25) is 5.02 Å². The molecule has 1 N–H and O–H groups in total. The van der Waals surface area contributed by atoms with Crippen LogP contribution in [0, 0.1) is 5.92 Å². The molecule has 2 aliphatic rings. The fourth-order valence-corrected chi connectivity index (χ4v) is 3.42. The largest absolute Gasteiger partial charge is 0.507 e. The standard InChI is InChI=1S/C16H15ClO6/c1-7-4-8(18)5-11(22-3)16(7)15(20)12-9(19)6-10(21-2)13(17)14(12)23-16/h5-7,19H,4H2,1-3H3/t7-,16+/m1/s1. The second-order valence-electron chi connectivity index (χ2n) is 5.57. The van der Waals surface area contributed by atoms with Gasteiger partial charge in [-0.2, -0.15) is 0 Å². The van der Waals surface area contributed by atoms with Gasteiger partial charge in [-0.25, -0.2) is 0 Å². The number of benzene rings is 1. The van der Waals surface area contributed by atoms with Gasteiger partial charge in [0, 0.05) is 24.5 Å². The van der Waals surface area contributed by atoms with Crippen LogP contribution in [-0.2, 0) is 9.53 Å². The zero-order valence-corrected chi connectivity index (χ0v) is 13.6. The van der Waals surface area contributed by atoms with Crippen molar-refractivity contribution in [3.63, 3.8) is 0 Å². The molecule has 23 heavy (non-hydrogen) atoms. The van der Waals surface area contributed by atoms with Crippen LogP contribution < -0.4 is 9.47 Å². The highest BCUT2D eigenvalue weighted by atomic mass is 35.5. The van der Waals surface area contributed by atoms with Gasteiger partial charge in [0.15, 0.2) is 17.3 Å². The van der Waals surface area contributed by atoms with E-state index in [1.165, 1.54) is 26.4 Å². The van der Waals surface area contributed by atoms with Gasteiger partial charge in [0.25, 0.3) is 0 Å². The van der Waals surface area contributed by atoms with Crippen LogP contribution in [0.15, 0.2) is 17.9 Å². The molecule has 0 unspecified atom stereocenters. The second-order valence-corrected chi connectivity index (χ2v) is 5.95. The summed E-state index contributed by atoms with van der Waals surface area (Å²) in [6.07, 6.45) is 1.38. The lowest BCUT2D eigenvalue weighted by molar-refractivity contribution is -0.118. The molecular weight excluding hydrogens is 324 g/mol. The van der Waals surface area contributed by atoms with Crippen LogP contribution in [0.5, 0.6) is 17.2 Å². The Bertz CT molecular complexity index is 753. The third-order valence-electron chi connectivity index (χ3n) is 4.29. The molecule has 1 spiro atoms. The molecule has 2 atom stereocenters. The number of allylic oxidation sites excluding steroid dienone is 1. The van der Waals surface area contributed by atoms with Crippen molar-refractivity contribution in [2.75, 3.05) is 14.2 Å². The normalized spacial score (nSPS) is 25.9. The molecular formula is C16H15ClO6. The number of methoxy groups -OCH3 is 2. The maximum atomic E-state index is 13.0. The molecule has 1 aliphatic heterocycles. The number of hydrogen-bond acceptors (Lipinski definition) is 6. The molecule has 0 fully saturated rings. The van der Waals surface area contributed by atoms with E-state index in [2.05, 4.69) is 0 Å². The third kappa shape index (κ3) is 1.94. The number of phenolic OH excluding ortho intramolecular Hbond substituents is 1. The molecule has 3 rings (SSSR count). The number of Topliss-reactive ketones (excluding diaryl/α,β-unsaturated/α-hetero) is 1. The van der Waals surface area contributed by atoms with Gasteiger partial charge in [-0.05, 0) is 0 Å². The van der Waals surface area contributed by atoms with E-state index in [-0.39, 0.29) is 45.8 Å². The number of ketones is 2. The molecule has 1 aliphatic carbocycles. The third-order valence-corrected chi connectivity index (χ3v) is 4.65. The Hall–Kier alpha value is -2.21. The summed E-state index contributed by atoms with van der Waals surface area (Å²) >= 11 is 6.22. The summed E-state index contributed by atoms with van der Waals surface area (Å²) in [5, 5.41) is 10.3. The van der Waals surface area contributed by atoms with Gasteiger partial charge in [0.1, 0.15) is 22.1 Å². The average Bonchev–Trinajstić information content (AvgIpc) is 2.82. The van der Waals surface area contributed by atoms with Gasteiger partial charge >= 0.3 is 0 Å². The van der Waals surface area contributed by atoms with Gasteiger partial charge in [-0.3, -0.25) is 9.59 Å². The van der Waals surface area contributed by atoms with Gasteiger partial charge < -0.3 is 19.3 Å². The van der Waals surface area contributed by atoms with Crippen LogP contribution in [0.3, 0.4) is 0 Å². The molecule has 0 bridgehead atoms. The average molecular weight is 339 g/mol. The van der Waals surface area contributed by atoms with E-state index < -0.39 is 17.3 Å². The van der Waals surface area contributed by atoms with Crippen molar-refractivity contribution in [3.05, 3.63) is 28.5 Å². The first-order valence-electron chi connectivity index (χ1n) is 6.99. The predicted octanol–water partition coefficient (Wildman–Crippen LogP) is 2.51. The first-order valence-corrected chi connectivity index (χ1v) is 7.36. The zero-order valence-electron chi connectivity index (χ0n) is 12.8. The highest BCUT2D eigenvalue weighted by Gasteiger charge is 2.59. The molecule has 0 saturated carbocycles. The van der Waals surface area contributed by atoms with Crippen LogP contribution in [0.4, 0.5) is 0 Å². The van der Waals surface area contributed by atoms with E-state index in [1.54, 1.807) is 6.92 Å². The molecule has 0 aromatic heterocycles. The first-order chi connectivity index (χ1) is 10.9. The minimum atomic E-state index is -1.50. The molecule has 122 valence electrons. The van der Waals surface area contributed by atoms with Crippen molar-refractivity contribution in [3.8, 4) is 17.2 Å². The van der Waals surface area contributed by atoms with Gasteiger partial charge in [-0.1, -0.05) is 18.5 Å². The van der Waals surface area contributed by atoms with Crippen molar-refractivity contribution in [2.24, 2.45) is 5.92 Å². The first kappa shape index (κ1) is 15.7. The van der Waals surface area contributed by atoms with Crippen LogP contribution in [0.1, 0.15) is 23.7 Å². The Labute approximate surface area is 137 Å². The Balaban J connectivity index is 2.24.